The van der Waals surface area contributed by atoms with E-state index in [9.17, 15) is 0 Å². The van der Waals surface area contributed by atoms with Crippen LogP contribution < -0.4 is 20.1 Å². The third-order valence-corrected chi connectivity index (χ3v) is 3.67. The van der Waals surface area contributed by atoms with Crippen molar-refractivity contribution in [2.45, 2.75) is 32.8 Å². The molecule has 1 aromatic heterocycles. The van der Waals surface area contributed by atoms with Gasteiger partial charge in [-0.25, -0.2) is 4.98 Å². The number of methoxy groups -OCH3 is 1. The number of hydrogen-bond donors (Lipinski definition) is 2. The van der Waals surface area contributed by atoms with Crippen molar-refractivity contribution in [3.05, 3.63) is 48.2 Å². The second-order valence-electron chi connectivity index (χ2n) is 5.88. The average molecular weight is 359 g/mol. The summed E-state index contributed by atoms with van der Waals surface area (Å²) in [7, 11) is 1.59. The fourth-order valence-electron chi connectivity index (χ4n) is 2.25. The van der Waals surface area contributed by atoms with E-state index in [1.54, 1.807) is 19.4 Å². The van der Waals surface area contributed by atoms with Gasteiger partial charge in [0.2, 0.25) is 5.88 Å². The topological polar surface area (TPSA) is 55.4 Å². The SMILES string of the molecule is COc1ccc(NC(=S)NCCCc2ccc(OC(C)C)cc2)cn1. The van der Waals surface area contributed by atoms with Crippen LogP contribution in [-0.2, 0) is 6.42 Å². The largest absolute Gasteiger partial charge is 0.491 e. The first-order valence-corrected chi connectivity index (χ1v) is 8.78. The quantitative estimate of drug-likeness (QED) is 0.552. The van der Waals surface area contributed by atoms with E-state index in [0.29, 0.717) is 11.0 Å². The summed E-state index contributed by atoms with van der Waals surface area (Å²) in [6.07, 6.45) is 3.87. The number of aryl methyl sites for hydroxylation is 1. The lowest BCUT2D eigenvalue weighted by molar-refractivity contribution is 0.242. The summed E-state index contributed by atoms with van der Waals surface area (Å²) in [6.45, 7) is 4.86. The average Bonchev–Trinajstić information content (AvgIpc) is 2.60. The van der Waals surface area contributed by atoms with Crippen LogP contribution in [0.5, 0.6) is 11.6 Å². The van der Waals surface area contributed by atoms with Crippen molar-refractivity contribution in [2.24, 2.45) is 0 Å². The van der Waals surface area contributed by atoms with Crippen LogP contribution in [0.1, 0.15) is 25.8 Å². The van der Waals surface area contributed by atoms with Gasteiger partial charge in [0, 0.05) is 12.6 Å². The van der Waals surface area contributed by atoms with Crippen LogP contribution in [0.25, 0.3) is 0 Å². The molecule has 0 bridgehead atoms. The molecule has 2 rings (SSSR count). The molecular formula is C19H25N3O2S. The molecular weight excluding hydrogens is 334 g/mol. The number of benzene rings is 1. The first kappa shape index (κ1) is 19.0. The monoisotopic (exact) mass is 359 g/mol. The van der Waals surface area contributed by atoms with Crippen molar-refractivity contribution in [1.29, 1.82) is 0 Å². The molecule has 5 nitrogen and oxygen atoms in total. The number of aromatic nitrogens is 1. The molecule has 0 atom stereocenters. The van der Waals surface area contributed by atoms with Crippen molar-refractivity contribution >= 4 is 23.0 Å². The van der Waals surface area contributed by atoms with Crippen LogP contribution in [0.2, 0.25) is 0 Å². The standard InChI is InChI=1S/C19H25N3O2S/c1-14(2)24-17-9-6-15(7-10-17)5-4-12-20-19(25)22-16-8-11-18(23-3)21-13-16/h6-11,13-14H,4-5,12H2,1-3H3,(H2,20,22,25). The Morgan fingerprint density at radius 3 is 2.52 bits per heavy atom. The zero-order valence-electron chi connectivity index (χ0n) is 14.9. The second-order valence-corrected chi connectivity index (χ2v) is 6.29. The molecule has 0 spiro atoms. The van der Waals surface area contributed by atoms with Gasteiger partial charge in [-0.1, -0.05) is 12.1 Å². The smallest absolute Gasteiger partial charge is 0.213 e. The van der Waals surface area contributed by atoms with E-state index in [0.717, 1.165) is 30.8 Å². The normalized spacial score (nSPS) is 10.4. The Morgan fingerprint density at radius 2 is 1.92 bits per heavy atom. The molecule has 134 valence electrons. The summed E-state index contributed by atoms with van der Waals surface area (Å²) in [5.41, 5.74) is 2.12. The molecule has 0 amide bonds. The zero-order chi connectivity index (χ0) is 18.1. The van der Waals surface area contributed by atoms with Gasteiger partial charge < -0.3 is 20.1 Å². The lowest BCUT2D eigenvalue weighted by Gasteiger charge is -2.11. The maximum absolute atomic E-state index is 5.65. The molecule has 0 radical (unpaired) electrons. The molecule has 1 aromatic carbocycles. The number of hydrogen-bond acceptors (Lipinski definition) is 4. The van der Waals surface area contributed by atoms with Gasteiger partial charge in [0.15, 0.2) is 5.11 Å². The van der Waals surface area contributed by atoms with Crippen LogP contribution in [-0.4, -0.2) is 29.9 Å². The second kappa shape index (κ2) is 9.84. The predicted molar refractivity (Wildman–Crippen MR) is 106 cm³/mol. The van der Waals surface area contributed by atoms with Crippen LogP contribution >= 0.6 is 12.2 Å². The number of anilines is 1. The molecule has 0 aliphatic rings. The van der Waals surface area contributed by atoms with Crippen molar-refractivity contribution in [3.8, 4) is 11.6 Å². The van der Waals surface area contributed by atoms with Gasteiger partial charge in [0.25, 0.3) is 0 Å². The van der Waals surface area contributed by atoms with Crippen molar-refractivity contribution in [1.82, 2.24) is 10.3 Å². The third-order valence-electron chi connectivity index (χ3n) is 3.43. The Kier molecular flexibility index (Phi) is 7.47. The predicted octanol–water partition coefficient (Wildman–Crippen LogP) is 3.80. The summed E-state index contributed by atoms with van der Waals surface area (Å²) in [4.78, 5) is 4.13. The van der Waals surface area contributed by atoms with Crippen molar-refractivity contribution < 1.29 is 9.47 Å². The Labute approximate surface area is 154 Å². The summed E-state index contributed by atoms with van der Waals surface area (Å²) >= 11 is 5.29. The molecule has 0 fully saturated rings. The molecule has 25 heavy (non-hydrogen) atoms. The number of nitrogens with zero attached hydrogens (tertiary/aromatic N) is 1. The highest BCUT2D eigenvalue weighted by molar-refractivity contribution is 7.80. The van der Waals surface area contributed by atoms with Crippen LogP contribution in [0.3, 0.4) is 0 Å². The molecule has 2 aromatic rings. The number of thiocarbonyl (C=S) groups is 1. The van der Waals surface area contributed by atoms with Gasteiger partial charge >= 0.3 is 0 Å². The van der Waals surface area contributed by atoms with E-state index in [1.807, 2.05) is 32.0 Å². The molecule has 6 heteroatoms. The minimum absolute atomic E-state index is 0.199. The third kappa shape index (κ3) is 6.97. The van der Waals surface area contributed by atoms with Crippen LogP contribution in [0.4, 0.5) is 5.69 Å². The first-order valence-electron chi connectivity index (χ1n) is 8.37. The molecule has 0 unspecified atom stereocenters. The molecule has 0 aliphatic heterocycles. The van der Waals surface area contributed by atoms with Gasteiger partial charge in [0.1, 0.15) is 5.75 Å². The van der Waals surface area contributed by atoms with E-state index in [4.69, 9.17) is 21.7 Å². The van der Waals surface area contributed by atoms with Gasteiger partial charge in [-0.2, -0.15) is 0 Å². The van der Waals surface area contributed by atoms with E-state index in [2.05, 4.69) is 27.8 Å². The fourth-order valence-corrected chi connectivity index (χ4v) is 2.47. The number of pyridine rings is 1. The van der Waals surface area contributed by atoms with Gasteiger partial charge in [-0.15, -0.1) is 0 Å². The fraction of sp³-hybridized carbons (Fsp3) is 0.368. The molecule has 0 aliphatic carbocycles. The molecule has 1 heterocycles. The van der Waals surface area contributed by atoms with Crippen LogP contribution in [0, 0.1) is 0 Å². The number of ether oxygens (including phenoxy) is 2. The van der Waals surface area contributed by atoms with Gasteiger partial charge in [-0.05, 0) is 62.7 Å². The minimum Gasteiger partial charge on any atom is -0.491 e. The van der Waals surface area contributed by atoms with Crippen molar-refractivity contribution in [2.75, 3.05) is 19.0 Å². The lowest BCUT2D eigenvalue weighted by Crippen LogP contribution is -2.29. The Hall–Kier alpha value is -2.34. The molecule has 2 N–H and O–H groups in total. The summed E-state index contributed by atoms with van der Waals surface area (Å²) in [6, 6.07) is 11.9. The van der Waals surface area contributed by atoms with Gasteiger partial charge in [-0.3, -0.25) is 0 Å². The molecule has 0 saturated heterocycles. The summed E-state index contributed by atoms with van der Waals surface area (Å²) in [5, 5.41) is 6.90. The number of nitrogens with one attached hydrogen (secondary N) is 2. The molecule has 0 saturated carbocycles. The van der Waals surface area contributed by atoms with E-state index < -0.39 is 0 Å². The maximum atomic E-state index is 5.65. The highest BCUT2D eigenvalue weighted by atomic mass is 32.1. The summed E-state index contributed by atoms with van der Waals surface area (Å²) in [5.74, 6) is 1.49. The Morgan fingerprint density at radius 1 is 1.16 bits per heavy atom. The summed E-state index contributed by atoms with van der Waals surface area (Å²) < 4.78 is 10.7. The highest BCUT2D eigenvalue weighted by Gasteiger charge is 2.01. The first-order chi connectivity index (χ1) is 12.1. The maximum Gasteiger partial charge on any atom is 0.213 e. The number of rotatable bonds is 8. The van der Waals surface area contributed by atoms with E-state index >= 15 is 0 Å². The zero-order valence-corrected chi connectivity index (χ0v) is 15.7. The van der Waals surface area contributed by atoms with E-state index in [-0.39, 0.29) is 6.10 Å². The minimum atomic E-state index is 0.199. The Bertz CT molecular complexity index is 657. The van der Waals surface area contributed by atoms with Crippen molar-refractivity contribution in [3.63, 3.8) is 0 Å². The van der Waals surface area contributed by atoms with E-state index in [1.165, 1.54) is 5.56 Å². The highest BCUT2D eigenvalue weighted by Crippen LogP contribution is 2.15. The van der Waals surface area contributed by atoms with Crippen LogP contribution in [0.15, 0.2) is 42.6 Å². The Balaban J connectivity index is 1.67. The lowest BCUT2D eigenvalue weighted by atomic mass is 10.1. The van der Waals surface area contributed by atoms with Gasteiger partial charge in [0.05, 0.1) is 25.1 Å².